The SMILES string of the molecule is CCOC(=O)Cc1c(C)n(Cc2ccc(S(C)(=O)=O)cc2C(F)(F)F)c2ncccc12. The molecule has 2 heterocycles. The van der Waals surface area contributed by atoms with Crippen LogP contribution in [0.2, 0.25) is 0 Å². The van der Waals surface area contributed by atoms with Crippen LogP contribution < -0.4 is 0 Å². The smallest absolute Gasteiger partial charge is 0.416 e. The van der Waals surface area contributed by atoms with Crippen LogP contribution in [0, 0.1) is 6.92 Å². The highest BCUT2D eigenvalue weighted by atomic mass is 32.2. The highest BCUT2D eigenvalue weighted by Crippen LogP contribution is 2.35. The van der Waals surface area contributed by atoms with E-state index in [-0.39, 0.29) is 25.1 Å². The molecule has 0 saturated carbocycles. The number of fused-ring (bicyclic) bond motifs is 1. The molecular weight excluding hydrogens is 433 g/mol. The van der Waals surface area contributed by atoms with Crippen LogP contribution >= 0.6 is 0 Å². The van der Waals surface area contributed by atoms with Crippen LogP contribution in [0.5, 0.6) is 0 Å². The maximum absolute atomic E-state index is 13.7. The Morgan fingerprint density at radius 2 is 1.94 bits per heavy atom. The lowest BCUT2D eigenvalue weighted by Gasteiger charge is -2.16. The number of aromatic nitrogens is 2. The fourth-order valence-electron chi connectivity index (χ4n) is 3.50. The third-order valence-corrected chi connectivity index (χ3v) is 6.09. The first-order valence-corrected chi connectivity index (χ1v) is 11.3. The quantitative estimate of drug-likeness (QED) is 0.528. The predicted molar refractivity (Wildman–Crippen MR) is 108 cm³/mol. The number of alkyl halides is 3. The molecule has 10 heteroatoms. The molecule has 0 spiro atoms. The van der Waals surface area contributed by atoms with Gasteiger partial charge in [-0.05, 0) is 49.2 Å². The number of hydrogen-bond donors (Lipinski definition) is 0. The number of pyridine rings is 1. The van der Waals surface area contributed by atoms with Crippen molar-refractivity contribution < 1.29 is 31.1 Å². The zero-order valence-electron chi connectivity index (χ0n) is 17.2. The molecule has 166 valence electrons. The first kappa shape index (κ1) is 22.8. The molecule has 0 saturated heterocycles. The maximum Gasteiger partial charge on any atom is 0.416 e. The summed E-state index contributed by atoms with van der Waals surface area (Å²) in [5.41, 5.74) is 0.511. The normalized spacial score (nSPS) is 12.3. The van der Waals surface area contributed by atoms with Gasteiger partial charge < -0.3 is 9.30 Å². The van der Waals surface area contributed by atoms with Crippen LogP contribution in [0.15, 0.2) is 41.4 Å². The zero-order valence-corrected chi connectivity index (χ0v) is 18.0. The number of esters is 1. The molecule has 31 heavy (non-hydrogen) atoms. The fraction of sp³-hybridized carbons (Fsp3) is 0.333. The van der Waals surface area contributed by atoms with Crippen LogP contribution in [0.1, 0.15) is 29.3 Å². The third-order valence-electron chi connectivity index (χ3n) is 4.98. The monoisotopic (exact) mass is 454 g/mol. The molecule has 6 nitrogen and oxygen atoms in total. The summed E-state index contributed by atoms with van der Waals surface area (Å²) in [5.74, 6) is -0.443. The van der Waals surface area contributed by atoms with E-state index in [0.29, 0.717) is 28.4 Å². The van der Waals surface area contributed by atoms with Gasteiger partial charge in [-0.2, -0.15) is 13.2 Å². The highest BCUT2D eigenvalue weighted by molar-refractivity contribution is 7.90. The number of hydrogen-bond acceptors (Lipinski definition) is 5. The number of halogens is 3. The first-order chi connectivity index (χ1) is 14.4. The van der Waals surface area contributed by atoms with E-state index in [0.717, 1.165) is 12.3 Å². The summed E-state index contributed by atoms with van der Waals surface area (Å²) >= 11 is 0. The van der Waals surface area contributed by atoms with E-state index in [1.807, 2.05) is 0 Å². The lowest BCUT2D eigenvalue weighted by molar-refractivity contribution is -0.142. The Kier molecular flexibility index (Phi) is 6.13. The summed E-state index contributed by atoms with van der Waals surface area (Å²) in [7, 11) is -3.80. The van der Waals surface area contributed by atoms with Crippen molar-refractivity contribution in [2.45, 2.75) is 37.9 Å². The van der Waals surface area contributed by atoms with E-state index in [2.05, 4.69) is 4.98 Å². The van der Waals surface area contributed by atoms with Gasteiger partial charge in [0, 0.05) is 30.1 Å². The number of benzene rings is 1. The average Bonchev–Trinajstić information content (AvgIpc) is 2.93. The summed E-state index contributed by atoms with van der Waals surface area (Å²) < 4.78 is 71.2. The molecule has 0 N–H and O–H groups in total. The number of ether oxygens (including phenoxy) is 1. The van der Waals surface area contributed by atoms with Crippen molar-refractivity contribution in [2.24, 2.45) is 0 Å². The zero-order chi connectivity index (χ0) is 23.0. The average molecular weight is 454 g/mol. The Bertz CT molecular complexity index is 1250. The molecular formula is C21H21F3N2O4S. The van der Waals surface area contributed by atoms with Gasteiger partial charge >= 0.3 is 12.1 Å². The highest BCUT2D eigenvalue weighted by Gasteiger charge is 2.34. The summed E-state index contributed by atoms with van der Waals surface area (Å²) in [6.45, 7) is 3.42. The largest absolute Gasteiger partial charge is 0.466 e. The van der Waals surface area contributed by atoms with Gasteiger partial charge in [0.25, 0.3) is 0 Å². The van der Waals surface area contributed by atoms with Crippen molar-refractivity contribution in [3.8, 4) is 0 Å². The van der Waals surface area contributed by atoms with Gasteiger partial charge in [-0.25, -0.2) is 13.4 Å². The number of nitrogens with zero attached hydrogens (tertiary/aromatic N) is 2. The van der Waals surface area contributed by atoms with Gasteiger partial charge in [-0.3, -0.25) is 4.79 Å². The lowest BCUT2D eigenvalue weighted by atomic mass is 10.1. The van der Waals surface area contributed by atoms with Crippen molar-refractivity contribution in [3.63, 3.8) is 0 Å². The number of rotatable bonds is 6. The van der Waals surface area contributed by atoms with Crippen LogP contribution in [0.4, 0.5) is 13.2 Å². The van der Waals surface area contributed by atoms with Gasteiger partial charge in [-0.15, -0.1) is 0 Å². The molecule has 0 amide bonds. The summed E-state index contributed by atoms with van der Waals surface area (Å²) in [4.78, 5) is 15.9. The van der Waals surface area contributed by atoms with Crippen molar-refractivity contribution >= 4 is 26.8 Å². The van der Waals surface area contributed by atoms with Crippen molar-refractivity contribution in [1.82, 2.24) is 9.55 Å². The molecule has 0 bridgehead atoms. The number of sulfone groups is 1. The van der Waals surface area contributed by atoms with Gasteiger partial charge in [-0.1, -0.05) is 6.07 Å². The van der Waals surface area contributed by atoms with E-state index in [9.17, 15) is 26.4 Å². The topological polar surface area (TPSA) is 78.3 Å². The first-order valence-electron chi connectivity index (χ1n) is 9.42. The van der Waals surface area contributed by atoms with E-state index in [1.54, 1.807) is 30.5 Å². The molecule has 0 aliphatic rings. The van der Waals surface area contributed by atoms with E-state index >= 15 is 0 Å². The minimum absolute atomic E-state index is 0.0337. The summed E-state index contributed by atoms with van der Waals surface area (Å²) in [6, 6.07) is 6.41. The lowest BCUT2D eigenvalue weighted by Crippen LogP contribution is -2.14. The van der Waals surface area contributed by atoms with E-state index < -0.39 is 32.4 Å². The fourth-order valence-corrected chi connectivity index (χ4v) is 4.14. The number of carbonyl (C=O) groups excluding carboxylic acids is 1. The Balaban J connectivity index is 2.14. The second kappa shape index (κ2) is 8.33. The molecule has 3 aromatic rings. The Morgan fingerprint density at radius 3 is 2.55 bits per heavy atom. The summed E-state index contributed by atoms with van der Waals surface area (Å²) in [5, 5.41) is 0.648. The standard InChI is InChI=1S/C21H21F3N2O4S/c1-4-30-19(27)11-17-13(2)26(20-16(17)6-5-9-25-20)12-14-7-8-15(31(3,28)29)10-18(14)21(22,23)24/h5-10H,4,11-12H2,1-3H3. The van der Waals surface area contributed by atoms with Crippen molar-refractivity contribution in [2.75, 3.05) is 12.9 Å². The van der Waals surface area contributed by atoms with E-state index in [4.69, 9.17) is 4.74 Å². The van der Waals surface area contributed by atoms with Gasteiger partial charge in [0.2, 0.25) is 0 Å². The molecule has 1 aromatic carbocycles. The molecule has 0 aliphatic carbocycles. The predicted octanol–water partition coefficient (Wildman–Crippen LogP) is 3.92. The molecule has 0 atom stereocenters. The number of carbonyl (C=O) groups is 1. The van der Waals surface area contributed by atoms with Crippen LogP contribution in [-0.4, -0.2) is 36.8 Å². The second-order valence-corrected chi connectivity index (χ2v) is 9.11. The minimum atomic E-state index is -4.74. The molecule has 0 aliphatic heterocycles. The van der Waals surface area contributed by atoms with Crippen LogP contribution in [0.3, 0.4) is 0 Å². The Labute approximate surface area is 177 Å². The van der Waals surface area contributed by atoms with Crippen LogP contribution in [0.25, 0.3) is 11.0 Å². The molecule has 0 radical (unpaired) electrons. The third kappa shape index (κ3) is 4.73. The molecule has 0 fully saturated rings. The Hall–Kier alpha value is -2.88. The van der Waals surface area contributed by atoms with Crippen molar-refractivity contribution in [1.29, 1.82) is 0 Å². The molecule has 0 unspecified atom stereocenters. The minimum Gasteiger partial charge on any atom is -0.466 e. The van der Waals surface area contributed by atoms with Gasteiger partial charge in [0.05, 0.1) is 23.5 Å². The second-order valence-electron chi connectivity index (χ2n) is 7.10. The Morgan fingerprint density at radius 1 is 1.23 bits per heavy atom. The van der Waals surface area contributed by atoms with E-state index in [1.165, 1.54) is 12.3 Å². The molecule has 2 aromatic heterocycles. The maximum atomic E-state index is 13.7. The van der Waals surface area contributed by atoms with Crippen molar-refractivity contribution in [3.05, 3.63) is 58.9 Å². The van der Waals surface area contributed by atoms with Crippen LogP contribution in [-0.2, 0) is 38.5 Å². The molecule has 3 rings (SSSR count). The van der Waals surface area contributed by atoms with Gasteiger partial charge in [0.15, 0.2) is 9.84 Å². The van der Waals surface area contributed by atoms with Gasteiger partial charge in [0.1, 0.15) is 5.65 Å². The summed E-state index contributed by atoms with van der Waals surface area (Å²) in [6.07, 6.45) is -2.40.